The molecule has 1 aromatic heterocycles. The van der Waals surface area contributed by atoms with Crippen molar-refractivity contribution in [2.45, 2.75) is 47.0 Å². The topological polar surface area (TPSA) is 120 Å². The zero-order valence-electron chi connectivity index (χ0n) is 23.0. The normalized spacial score (nSPS) is 11.3. The first kappa shape index (κ1) is 28.5. The number of benzene rings is 2. The Balaban J connectivity index is 1.91. The van der Waals surface area contributed by atoms with Crippen molar-refractivity contribution in [3.63, 3.8) is 0 Å². The van der Waals surface area contributed by atoms with Crippen LogP contribution in [0, 0.1) is 30.9 Å². The Morgan fingerprint density at radius 1 is 1.08 bits per heavy atom. The van der Waals surface area contributed by atoms with Crippen LogP contribution < -0.4 is 5.32 Å². The lowest BCUT2D eigenvalue weighted by molar-refractivity contribution is -0.385. The molecule has 1 N–H and O–H groups in total. The molecule has 1 heterocycles. The average molecular weight is 522 g/mol. The molecule has 0 aliphatic carbocycles. The number of ether oxygens (including phenoxy) is 1. The highest BCUT2D eigenvalue weighted by Crippen LogP contribution is 2.28. The van der Waals surface area contributed by atoms with Crippen molar-refractivity contribution >= 4 is 23.3 Å². The van der Waals surface area contributed by atoms with E-state index in [2.05, 4.69) is 5.32 Å². The van der Waals surface area contributed by atoms with Gasteiger partial charge in [0, 0.05) is 42.3 Å². The predicted octanol–water partition coefficient (Wildman–Crippen LogP) is 4.73. The van der Waals surface area contributed by atoms with Gasteiger partial charge in [-0.15, -0.1) is 0 Å². The molecule has 3 aromatic rings. The number of nitrogens with one attached hydrogen (secondary N) is 1. The lowest BCUT2D eigenvalue weighted by Crippen LogP contribution is -2.40. The Labute approximate surface area is 222 Å². The van der Waals surface area contributed by atoms with E-state index < -0.39 is 16.7 Å². The Morgan fingerprint density at radius 2 is 1.79 bits per heavy atom. The third-order valence-corrected chi connectivity index (χ3v) is 6.17. The molecule has 2 amide bonds. The van der Waals surface area contributed by atoms with Crippen LogP contribution in [-0.2, 0) is 14.9 Å². The number of rotatable bonds is 9. The lowest BCUT2D eigenvalue weighted by Gasteiger charge is -2.22. The first-order chi connectivity index (χ1) is 17.8. The number of carbonyl (C=O) groups excluding carboxylic acids is 2. The zero-order chi connectivity index (χ0) is 28.2. The number of aryl methyl sites for hydroxylation is 3. The summed E-state index contributed by atoms with van der Waals surface area (Å²) in [6.45, 7) is 11.8. The van der Waals surface area contributed by atoms with Crippen LogP contribution in [-0.4, -0.2) is 58.2 Å². The van der Waals surface area contributed by atoms with Gasteiger partial charge >= 0.3 is 0 Å². The summed E-state index contributed by atoms with van der Waals surface area (Å²) in [5.41, 5.74) is 3.91. The fourth-order valence-corrected chi connectivity index (χ4v) is 3.99. The van der Waals surface area contributed by atoms with E-state index in [1.165, 1.54) is 30.2 Å². The van der Waals surface area contributed by atoms with Crippen molar-refractivity contribution in [2.24, 2.45) is 0 Å². The number of carbonyl (C=O) groups is 2. The fraction of sp³-hybridized carbons (Fsp3) is 0.393. The predicted molar refractivity (Wildman–Crippen MR) is 146 cm³/mol. The summed E-state index contributed by atoms with van der Waals surface area (Å²) in [7, 11) is 1.50. The van der Waals surface area contributed by atoms with E-state index in [1.807, 2.05) is 58.9 Å². The second kappa shape index (κ2) is 11.6. The Morgan fingerprint density at radius 3 is 2.39 bits per heavy atom. The molecule has 10 nitrogen and oxygen atoms in total. The molecular weight excluding hydrogens is 486 g/mol. The number of methoxy groups -OCH3 is 1. The minimum atomic E-state index is -0.528. The number of anilines is 1. The molecule has 202 valence electrons. The minimum absolute atomic E-state index is 0.126. The second-order valence-corrected chi connectivity index (χ2v) is 10.4. The van der Waals surface area contributed by atoms with Gasteiger partial charge in [0.2, 0.25) is 5.91 Å². The number of nitrogens with zero attached hydrogens (tertiary/aromatic N) is 4. The Hall–Kier alpha value is -4.05. The van der Waals surface area contributed by atoms with Crippen molar-refractivity contribution in [1.29, 1.82) is 0 Å². The van der Waals surface area contributed by atoms with Crippen molar-refractivity contribution in [2.75, 3.05) is 32.1 Å². The summed E-state index contributed by atoms with van der Waals surface area (Å²) in [6, 6.07) is 12.1. The molecule has 0 saturated heterocycles. The van der Waals surface area contributed by atoms with Crippen molar-refractivity contribution in [3.05, 3.63) is 80.5 Å². The summed E-state index contributed by atoms with van der Waals surface area (Å²) in [5, 5.41) is 19.1. The third-order valence-electron chi connectivity index (χ3n) is 6.17. The van der Waals surface area contributed by atoms with Crippen LogP contribution in [0.2, 0.25) is 0 Å². The average Bonchev–Trinajstić information content (AvgIpc) is 3.25. The second-order valence-electron chi connectivity index (χ2n) is 10.4. The van der Waals surface area contributed by atoms with Gasteiger partial charge in [-0.05, 0) is 38.5 Å². The van der Waals surface area contributed by atoms with E-state index in [-0.39, 0.29) is 36.4 Å². The number of nitro benzene ring substituents is 1. The molecule has 0 aliphatic heterocycles. The third kappa shape index (κ3) is 6.63. The molecule has 2 aromatic carbocycles. The summed E-state index contributed by atoms with van der Waals surface area (Å²) in [4.78, 5) is 38.7. The molecule has 0 radical (unpaired) electrons. The maximum atomic E-state index is 13.3. The first-order valence-electron chi connectivity index (χ1n) is 12.3. The highest BCUT2D eigenvalue weighted by atomic mass is 16.6. The number of hydrogen-bond donors (Lipinski definition) is 1. The van der Waals surface area contributed by atoms with E-state index in [0.717, 1.165) is 22.5 Å². The van der Waals surface area contributed by atoms with E-state index in [0.29, 0.717) is 11.4 Å². The van der Waals surface area contributed by atoms with Gasteiger partial charge in [-0.25, -0.2) is 4.68 Å². The molecule has 0 aliphatic rings. The van der Waals surface area contributed by atoms with Crippen LogP contribution >= 0.6 is 0 Å². The van der Waals surface area contributed by atoms with Crippen LogP contribution in [0.3, 0.4) is 0 Å². The summed E-state index contributed by atoms with van der Waals surface area (Å²) >= 11 is 0. The first-order valence-corrected chi connectivity index (χ1v) is 12.3. The number of hydrogen-bond acceptors (Lipinski definition) is 6. The van der Waals surface area contributed by atoms with Crippen molar-refractivity contribution in [1.82, 2.24) is 14.7 Å². The number of amides is 2. The van der Waals surface area contributed by atoms with E-state index in [9.17, 15) is 19.7 Å². The van der Waals surface area contributed by atoms with Gasteiger partial charge in [0.25, 0.3) is 11.6 Å². The highest BCUT2D eigenvalue weighted by Gasteiger charge is 2.25. The largest absolute Gasteiger partial charge is 0.383 e. The Kier molecular flexibility index (Phi) is 8.67. The summed E-state index contributed by atoms with van der Waals surface area (Å²) < 4.78 is 6.84. The molecule has 0 bridgehead atoms. The van der Waals surface area contributed by atoms with E-state index in [4.69, 9.17) is 9.84 Å². The van der Waals surface area contributed by atoms with Crippen LogP contribution in [0.5, 0.6) is 0 Å². The molecule has 10 heteroatoms. The molecule has 3 rings (SSSR count). The minimum Gasteiger partial charge on any atom is -0.383 e. The monoisotopic (exact) mass is 521 g/mol. The fourth-order valence-electron chi connectivity index (χ4n) is 3.99. The van der Waals surface area contributed by atoms with E-state index >= 15 is 0 Å². The standard InChI is InChI=1S/C28H35N5O5/c1-18-8-11-22(20(3)14-18)32-25(16-24(30-32)28(4,5)6)29-26(34)17-31(12-13-38-7)27(35)21-10-9-19(2)23(15-21)33(36)37/h8-11,14-16H,12-13,17H2,1-7H3,(H,29,34). The van der Waals surface area contributed by atoms with Gasteiger partial charge in [0.05, 0.1) is 22.9 Å². The van der Waals surface area contributed by atoms with Crippen LogP contribution in [0.4, 0.5) is 11.5 Å². The van der Waals surface area contributed by atoms with Gasteiger partial charge in [0.1, 0.15) is 12.4 Å². The van der Waals surface area contributed by atoms with Crippen molar-refractivity contribution in [3.8, 4) is 5.69 Å². The van der Waals surface area contributed by atoms with Gasteiger partial charge in [-0.1, -0.05) is 44.5 Å². The zero-order valence-corrected chi connectivity index (χ0v) is 23.0. The molecule has 0 fully saturated rings. The molecule has 0 unspecified atom stereocenters. The van der Waals surface area contributed by atoms with Crippen LogP contribution in [0.15, 0.2) is 42.5 Å². The molecule has 0 spiro atoms. The summed E-state index contributed by atoms with van der Waals surface area (Å²) in [5.74, 6) is -0.446. The Bertz CT molecular complexity index is 1360. The lowest BCUT2D eigenvalue weighted by atomic mass is 9.92. The van der Waals surface area contributed by atoms with Gasteiger partial charge in [-0.3, -0.25) is 19.7 Å². The maximum Gasteiger partial charge on any atom is 0.273 e. The maximum absolute atomic E-state index is 13.3. The molecule has 0 saturated carbocycles. The van der Waals surface area contributed by atoms with Gasteiger partial charge in [0.15, 0.2) is 0 Å². The van der Waals surface area contributed by atoms with Crippen molar-refractivity contribution < 1.29 is 19.2 Å². The molecular formula is C28H35N5O5. The van der Waals surface area contributed by atoms with Crippen LogP contribution in [0.1, 0.15) is 53.5 Å². The quantitative estimate of drug-likeness (QED) is 0.321. The smallest absolute Gasteiger partial charge is 0.273 e. The summed E-state index contributed by atoms with van der Waals surface area (Å²) in [6.07, 6.45) is 0. The van der Waals surface area contributed by atoms with Gasteiger partial charge < -0.3 is 15.0 Å². The van der Waals surface area contributed by atoms with E-state index in [1.54, 1.807) is 11.6 Å². The number of nitro groups is 1. The molecule has 38 heavy (non-hydrogen) atoms. The van der Waals surface area contributed by atoms with Gasteiger partial charge in [-0.2, -0.15) is 5.10 Å². The SMILES string of the molecule is COCCN(CC(=O)Nc1cc(C(C)(C)C)nn1-c1ccc(C)cc1C)C(=O)c1ccc(C)c([N+](=O)[O-])c1. The number of aromatic nitrogens is 2. The highest BCUT2D eigenvalue weighted by molar-refractivity contribution is 5.99. The molecule has 0 atom stereocenters. The van der Waals surface area contributed by atoms with Crippen LogP contribution in [0.25, 0.3) is 5.69 Å².